The van der Waals surface area contributed by atoms with Crippen LogP contribution in [0.3, 0.4) is 0 Å². The van der Waals surface area contributed by atoms with Gasteiger partial charge in [-0.05, 0) is 19.5 Å². The molecular formula is C14H24N2O. The van der Waals surface area contributed by atoms with Crippen LogP contribution in [0, 0.1) is 0 Å². The van der Waals surface area contributed by atoms with E-state index < -0.39 is 0 Å². The van der Waals surface area contributed by atoms with Crippen LogP contribution >= 0.6 is 0 Å². The van der Waals surface area contributed by atoms with E-state index in [0.717, 1.165) is 26.2 Å². The Morgan fingerprint density at radius 1 is 1.29 bits per heavy atom. The Balaban J connectivity index is 2.56. The van der Waals surface area contributed by atoms with Crippen LogP contribution in [0.15, 0.2) is 30.3 Å². The third kappa shape index (κ3) is 5.31. The molecule has 1 aromatic carbocycles. The normalized spacial score (nSPS) is 12.9. The van der Waals surface area contributed by atoms with Crippen molar-refractivity contribution in [1.29, 1.82) is 0 Å². The summed E-state index contributed by atoms with van der Waals surface area (Å²) in [5.41, 5.74) is 1.35. The molecular weight excluding hydrogens is 212 g/mol. The van der Waals surface area contributed by atoms with E-state index in [1.807, 2.05) is 7.05 Å². The second kappa shape index (κ2) is 8.23. The minimum atomic E-state index is 0.510. The van der Waals surface area contributed by atoms with Crippen LogP contribution in [0.1, 0.15) is 12.5 Å². The highest BCUT2D eigenvalue weighted by Gasteiger charge is 2.12. The zero-order valence-electron chi connectivity index (χ0n) is 11.1. The molecule has 0 radical (unpaired) electrons. The van der Waals surface area contributed by atoms with Crippen LogP contribution < -0.4 is 5.32 Å². The van der Waals surface area contributed by atoms with Crippen LogP contribution in [0.25, 0.3) is 0 Å². The monoisotopic (exact) mass is 236 g/mol. The summed E-state index contributed by atoms with van der Waals surface area (Å²) in [6.45, 7) is 5.97. The largest absolute Gasteiger partial charge is 0.383 e. The Bertz CT molecular complexity index is 290. The number of rotatable bonds is 8. The first-order chi connectivity index (χ1) is 8.27. The fourth-order valence-electron chi connectivity index (χ4n) is 1.91. The lowest BCUT2D eigenvalue weighted by molar-refractivity contribution is 0.119. The maximum atomic E-state index is 5.18. The van der Waals surface area contributed by atoms with Gasteiger partial charge in [0.25, 0.3) is 0 Å². The lowest BCUT2D eigenvalue weighted by Crippen LogP contribution is -2.40. The van der Waals surface area contributed by atoms with E-state index in [4.69, 9.17) is 4.74 Å². The van der Waals surface area contributed by atoms with Gasteiger partial charge < -0.3 is 10.1 Å². The SMILES string of the molecule is CNCC(C)N(CCOC)Cc1ccccc1. The maximum absolute atomic E-state index is 5.18. The third-order valence-electron chi connectivity index (χ3n) is 2.93. The first-order valence-corrected chi connectivity index (χ1v) is 6.19. The maximum Gasteiger partial charge on any atom is 0.0589 e. The molecule has 0 aliphatic rings. The molecule has 0 saturated carbocycles. The van der Waals surface area contributed by atoms with Crippen LogP contribution in [0.4, 0.5) is 0 Å². The first-order valence-electron chi connectivity index (χ1n) is 6.19. The number of nitrogens with one attached hydrogen (secondary N) is 1. The molecule has 0 aliphatic heterocycles. The average Bonchev–Trinajstić information content (AvgIpc) is 2.36. The number of likely N-dealkylation sites (N-methyl/N-ethyl adjacent to an activating group) is 1. The molecule has 1 rings (SSSR count). The van der Waals surface area contributed by atoms with Crippen molar-refractivity contribution in [3.8, 4) is 0 Å². The van der Waals surface area contributed by atoms with Gasteiger partial charge in [-0.2, -0.15) is 0 Å². The number of hydrogen-bond donors (Lipinski definition) is 1. The number of benzene rings is 1. The molecule has 3 heteroatoms. The second-order valence-electron chi connectivity index (χ2n) is 4.36. The van der Waals surface area contributed by atoms with Gasteiger partial charge in [-0.3, -0.25) is 4.90 Å². The summed E-state index contributed by atoms with van der Waals surface area (Å²) in [6, 6.07) is 11.1. The average molecular weight is 236 g/mol. The first kappa shape index (κ1) is 14.2. The van der Waals surface area contributed by atoms with Crippen LogP contribution in [0.2, 0.25) is 0 Å². The van der Waals surface area contributed by atoms with E-state index >= 15 is 0 Å². The Kier molecular flexibility index (Phi) is 6.86. The van der Waals surface area contributed by atoms with Crippen LogP contribution in [0.5, 0.6) is 0 Å². The quantitative estimate of drug-likeness (QED) is 0.744. The summed E-state index contributed by atoms with van der Waals surface area (Å²) >= 11 is 0. The van der Waals surface area contributed by atoms with Crippen molar-refractivity contribution in [3.05, 3.63) is 35.9 Å². The summed E-state index contributed by atoms with van der Waals surface area (Å²) in [7, 11) is 3.75. The predicted octanol–water partition coefficient (Wildman–Crippen LogP) is 1.74. The van der Waals surface area contributed by atoms with Crippen molar-refractivity contribution >= 4 is 0 Å². The molecule has 1 N–H and O–H groups in total. The number of hydrogen-bond acceptors (Lipinski definition) is 3. The van der Waals surface area contributed by atoms with Crippen molar-refractivity contribution in [2.24, 2.45) is 0 Å². The fourth-order valence-corrected chi connectivity index (χ4v) is 1.91. The van der Waals surface area contributed by atoms with Crippen LogP contribution in [-0.4, -0.2) is 44.8 Å². The number of nitrogens with zero attached hydrogens (tertiary/aromatic N) is 1. The van der Waals surface area contributed by atoms with Crippen molar-refractivity contribution in [3.63, 3.8) is 0 Å². The highest BCUT2D eigenvalue weighted by molar-refractivity contribution is 5.14. The molecule has 0 saturated heterocycles. The molecule has 0 spiro atoms. The Labute approximate surface area is 105 Å². The number of methoxy groups -OCH3 is 1. The van der Waals surface area contributed by atoms with Crippen molar-refractivity contribution in [2.45, 2.75) is 19.5 Å². The van der Waals surface area contributed by atoms with Gasteiger partial charge in [0.1, 0.15) is 0 Å². The van der Waals surface area contributed by atoms with Crippen molar-refractivity contribution < 1.29 is 4.74 Å². The highest BCUT2D eigenvalue weighted by atomic mass is 16.5. The van der Waals surface area contributed by atoms with E-state index in [1.165, 1.54) is 5.56 Å². The summed E-state index contributed by atoms with van der Waals surface area (Å²) in [6.07, 6.45) is 0. The van der Waals surface area contributed by atoms with Gasteiger partial charge >= 0.3 is 0 Å². The van der Waals surface area contributed by atoms with E-state index in [-0.39, 0.29) is 0 Å². The predicted molar refractivity (Wildman–Crippen MR) is 72.1 cm³/mol. The summed E-state index contributed by atoms with van der Waals surface area (Å²) in [5, 5.41) is 3.23. The van der Waals surface area contributed by atoms with E-state index in [1.54, 1.807) is 7.11 Å². The zero-order chi connectivity index (χ0) is 12.5. The van der Waals surface area contributed by atoms with Gasteiger partial charge in [0.15, 0.2) is 0 Å². The standard InChI is InChI=1S/C14H24N2O/c1-13(11-15-2)16(9-10-17-3)12-14-7-5-4-6-8-14/h4-8,13,15H,9-12H2,1-3H3. The van der Waals surface area contributed by atoms with Crippen molar-refractivity contribution in [2.75, 3.05) is 33.9 Å². The minimum Gasteiger partial charge on any atom is -0.383 e. The molecule has 3 nitrogen and oxygen atoms in total. The molecule has 17 heavy (non-hydrogen) atoms. The highest BCUT2D eigenvalue weighted by Crippen LogP contribution is 2.07. The molecule has 0 amide bonds. The molecule has 1 aromatic rings. The lowest BCUT2D eigenvalue weighted by Gasteiger charge is -2.28. The molecule has 1 atom stereocenters. The van der Waals surface area contributed by atoms with Gasteiger partial charge in [0, 0.05) is 32.8 Å². The lowest BCUT2D eigenvalue weighted by atomic mass is 10.2. The third-order valence-corrected chi connectivity index (χ3v) is 2.93. The smallest absolute Gasteiger partial charge is 0.0589 e. The molecule has 0 aliphatic carbocycles. The Hall–Kier alpha value is -0.900. The molecule has 0 bridgehead atoms. The van der Waals surface area contributed by atoms with E-state index in [2.05, 4.69) is 47.5 Å². The summed E-state index contributed by atoms with van der Waals surface area (Å²) in [5.74, 6) is 0. The van der Waals surface area contributed by atoms with Crippen molar-refractivity contribution in [1.82, 2.24) is 10.2 Å². The molecule has 0 fully saturated rings. The number of ether oxygens (including phenoxy) is 1. The Morgan fingerprint density at radius 2 is 2.00 bits per heavy atom. The van der Waals surface area contributed by atoms with Crippen LogP contribution in [-0.2, 0) is 11.3 Å². The van der Waals surface area contributed by atoms with Gasteiger partial charge in [-0.15, -0.1) is 0 Å². The Morgan fingerprint density at radius 3 is 2.59 bits per heavy atom. The van der Waals surface area contributed by atoms with E-state index in [0.29, 0.717) is 6.04 Å². The second-order valence-corrected chi connectivity index (χ2v) is 4.36. The summed E-state index contributed by atoms with van der Waals surface area (Å²) in [4.78, 5) is 2.44. The topological polar surface area (TPSA) is 24.5 Å². The molecule has 0 heterocycles. The summed E-state index contributed by atoms with van der Waals surface area (Å²) < 4.78 is 5.18. The van der Waals surface area contributed by atoms with Gasteiger partial charge in [0.05, 0.1) is 6.61 Å². The minimum absolute atomic E-state index is 0.510. The molecule has 1 unspecified atom stereocenters. The zero-order valence-corrected chi connectivity index (χ0v) is 11.1. The van der Waals surface area contributed by atoms with E-state index in [9.17, 15) is 0 Å². The van der Waals surface area contributed by atoms with Gasteiger partial charge in [-0.25, -0.2) is 0 Å². The molecule has 0 aromatic heterocycles. The molecule has 96 valence electrons. The fraction of sp³-hybridized carbons (Fsp3) is 0.571. The van der Waals surface area contributed by atoms with Gasteiger partial charge in [0.2, 0.25) is 0 Å². The van der Waals surface area contributed by atoms with Gasteiger partial charge in [-0.1, -0.05) is 30.3 Å².